The molecule has 0 saturated carbocycles. The van der Waals surface area contributed by atoms with Crippen molar-refractivity contribution in [1.29, 1.82) is 0 Å². The summed E-state index contributed by atoms with van der Waals surface area (Å²) in [5.74, 6) is -0.280. The van der Waals surface area contributed by atoms with E-state index < -0.39 is 29.9 Å². The first kappa shape index (κ1) is 42.9. The number of fused-ring (bicyclic) bond motifs is 3. The molecule has 0 bridgehead atoms. The number of aromatic nitrogens is 5. The number of halogens is 1. The Bertz CT molecular complexity index is 2890. The minimum absolute atomic E-state index is 0.0575. The van der Waals surface area contributed by atoms with Crippen molar-refractivity contribution in [2.45, 2.75) is 63.4 Å². The number of imidazole rings is 1. The third-order valence-electron chi connectivity index (χ3n) is 14.2. The van der Waals surface area contributed by atoms with E-state index in [1.807, 2.05) is 51.5 Å². The number of amides is 5. The third-order valence-corrected chi connectivity index (χ3v) is 14.9. The smallest absolute Gasteiger partial charge is 0.325 e. The minimum atomic E-state index is -1.05. The van der Waals surface area contributed by atoms with E-state index in [4.69, 9.17) is 0 Å². The molecule has 19 heteroatoms. The van der Waals surface area contributed by atoms with Gasteiger partial charge in [0.2, 0.25) is 5.91 Å². The monoisotopic (exact) mass is 926 g/mol. The zero-order valence-electron chi connectivity index (χ0n) is 37.1. The number of anilines is 3. The van der Waals surface area contributed by atoms with Gasteiger partial charge in [-0.15, -0.1) is 11.3 Å². The molecule has 5 aliphatic heterocycles. The Morgan fingerprint density at radius 2 is 1.75 bits per heavy atom. The molecule has 5 amide bonds. The van der Waals surface area contributed by atoms with Gasteiger partial charge in [0.1, 0.15) is 12.0 Å². The summed E-state index contributed by atoms with van der Waals surface area (Å²) in [6, 6.07) is 16.0. The maximum absolute atomic E-state index is 16.0. The van der Waals surface area contributed by atoms with Gasteiger partial charge < -0.3 is 29.7 Å². The molecule has 17 nitrogen and oxygen atoms in total. The van der Waals surface area contributed by atoms with E-state index in [2.05, 4.69) is 47.6 Å². The Balaban J connectivity index is 0.690. The van der Waals surface area contributed by atoms with Crippen LogP contribution in [-0.4, -0.2) is 126 Å². The molecule has 3 fully saturated rings. The van der Waals surface area contributed by atoms with E-state index in [-0.39, 0.29) is 29.6 Å². The van der Waals surface area contributed by atoms with Crippen LogP contribution in [0.15, 0.2) is 72.5 Å². The van der Waals surface area contributed by atoms with Crippen LogP contribution in [0.4, 0.5) is 25.8 Å². The van der Waals surface area contributed by atoms with Crippen molar-refractivity contribution < 1.29 is 28.7 Å². The number of rotatable bonds is 10. The van der Waals surface area contributed by atoms with Crippen LogP contribution in [0.5, 0.6) is 0 Å². The van der Waals surface area contributed by atoms with E-state index in [1.54, 1.807) is 28.9 Å². The topological polar surface area (TPSA) is 177 Å². The van der Waals surface area contributed by atoms with Crippen LogP contribution in [0.25, 0.3) is 22.0 Å². The lowest BCUT2D eigenvalue weighted by Crippen LogP contribution is -2.52. The molecule has 3 N–H and O–H groups in total. The maximum Gasteiger partial charge on any atom is 0.325 e. The molecule has 346 valence electrons. The lowest BCUT2D eigenvalue weighted by Gasteiger charge is -2.38. The Morgan fingerprint density at radius 1 is 0.940 bits per heavy atom. The fraction of sp³-hybridized carbons (Fsp3) is 0.396. The number of aryl methyl sites for hydroxylation is 2. The number of nitrogens with one attached hydrogen (secondary N) is 2. The van der Waals surface area contributed by atoms with E-state index in [9.17, 15) is 24.3 Å². The summed E-state index contributed by atoms with van der Waals surface area (Å²) in [6.45, 7) is 5.77. The van der Waals surface area contributed by atoms with Crippen LogP contribution in [-0.2, 0) is 36.1 Å². The van der Waals surface area contributed by atoms with Crippen molar-refractivity contribution >= 4 is 62.6 Å². The number of piperidine rings is 1. The quantitative estimate of drug-likeness (QED) is 0.168. The van der Waals surface area contributed by atoms with Gasteiger partial charge in [-0.05, 0) is 97.8 Å². The summed E-state index contributed by atoms with van der Waals surface area (Å²) in [5, 5.41) is 23.0. The summed E-state index contributed by atoms with van der Waals surface area (Å²) in [5.41, 5.74) is 6.42. The van der Waals surface area contributed by atoms with Crippen LogP contribution in [0.3, 0.4) is 0 Å². The highest BCUT2D eigenvalue weighted by atomic mass is 32.1. The molecule has 8 heterocycles. The molecule has 5 aliphatic rings. The molecule has 2 unspecified atom stereocenters. The Hall–Kier alpha value is -6.70. The number of thiazole rings is 1. The van der Waals surface area contributed by atoms with E-state index in [0.717, 1.165) is 73.2 Å². The van der Waals surface area contributed by atoms with E-state index in [0.29, 0.717) is 73.8 Å². The molecule has 0 radical (unpaired) electrons. The third kappa shape index (κ3) is 8.07. The summed E-state index contributed by atoms with van der Waals surface area (Å²) in [7, 11) is 1.88. The van der Waals surface area contributed by atoms with Crippen molar-refractivity contribution in [1.82, 2.24) is 44.3 Å². The normalized spacial score (nSPS) is 19.5. The number of benzene rings is 3. The minimum Gasteiger partial charge on any atom is -0.374 e. The molecule has 2 atom stereocenters. The summed E-state index contributed by atoms with van der Waals surface area (Å²) in [4.78, 5) is 72.4. The van der Waals surface area contributed by atoms with Crippen LogP contribution < -0.4 is 20.4 Å². The molecule has 0 aliphatic carbocycles. The van der Waals surface area contributed by atoms with Crippen LogP contribution in [0.1, 0.15) is 70.5 Å². The standard InChI is InChI=1S/C48H51FN12O5S/c1-55-39-25-31(6-9-34(39)44(54-55)60-17-12-40(62)52-48(60)66)30-10-15-56(16-11-30)27-41(63)58-20-18-57(19-21-58)33-7-4-29(5-8-33)32-23-35-36(37(49)24-32)26-61(46(35)65)43(45(64)53-47-50-13-22-67-47)42-38-3-2-14-59(38)28-51-42/h4-9,13,22-25,28,30,40,43,62H,2-3,10-12,14-21,26-27H2,1H3,(H,52,66)(H,50,53,64). The fourth-order valence-electron chi connectivity index (χ4n) is 10.5. The molecule has 0 spiro atoms. The lowest BCUT2D eigenvalue weighted by molar-refractivity contribution is -0.133. The first-order valence-electron chi connectivity index (χ1n) is 23.0. The van der Waals surface area contributed by atoms with Gasteiger partial charge in [-0.3, -0.25) is 34.2 Å². The second kappa shape index (κ2) is 17.5. The SMILES string of the molecule is Cn1nc(N2CCC(O)NC2=O)c2ccc(C3CCN(CC(=O)N4CCN(c5ccc(-c6cc(F)c7c(c6)C(=O)N(C(C(=O)Nc6nccs6)c6ncn8c6CCC8)C7)cc5)CC4)CC3)cc21. The van der Waals surface area contributed by atoms with Crippen molar-refractivity contribution in [3.05, 3.63) is 106 Å². The number of hydrogen-bond acceptors (Lipinski definition) is 11. The predicted octanol–water partition coefficient (Wildman–Crippen LogP) is 5.08. The van der Waals surface area contributed by atoms with Crippen LogP contribution in [0, 0.1) is 5.82 Å². The van der Waals surface area contributed by atoms with Crippen molar-refractivity contribution in [2.75, 3.05) is 67.5 Å². The first-order chi connectivity index (χ1) is 32.6. The molecular weight excluding hydrogens is 876 g/mol. The highest BCUT2D eigenvalue weighted by Crippen LogP contribution is 2.39. The molecule has 3 saturated heterocycles. The van der Waals surface area contributed by atoms with Gasteiger partial charge in [-0.2, -0.15) is 5.10 Å². The van der Waals surface area contributed by atoms with Crippen LogP contribution >= 0.6 is 11.3 Å². The zero-order valence-corrected chi connectivity index (χ0v) is 37.9. The lowest BCUT2D eigenvalue weighted by atomic mass is 9.89. The van der Waals surface area contributed by atoms with E-state index in [1.165, 1.54) is 27.9 Å². The molecule has 6 aromatic rings. The Kier molecular flexibility index (Phi) is 11.2. The van der Waals surface area contributed by atoms with Gasteiger partial charge in [0.05, 0.1) is 30.6 Å². The number of nitrogens with zero attached hydrogens (tertiary/aromatic N) is 10. The zero-order chi connectivity index (χ0) is 45.9. The average Bonchev–Trinajstić information content (AvgIpc) is 4.20. The van der Waals surface area contributed by atoms with Gasteiger partial charge in [0.15, 0.2) is 17.0 Å². The average molecular weight is 927 g/mol. The number of carbonyl (C=O) groups excluding carboxylic acids is 4. The molecular formula is C48H51FN12O5S. The number of piperazine rings is 1. The number of aliphatic hydroxyl groups is 1. The van der Waals surface area contributed by atoms with Crippen molar-refractivity contribution in [3.8, 4) is 11.1 Å². The molecule has 11 rings (SSSR count). The maximum atomic E-state index is 16.0. The largest absolute Gasteiger partial charge is 0.374 e. The highest BCUT2D eigenvalue weighted by molar-refractivity contribution is 7.13. The summed E-state index contributed by atoms with van der Waals surface area (Å²) in [6.07, 6.45) is 6.43. The predicted molar refractivity (Wildman–Crippen MR) is 250 cm³/mol. The second-order valence-electron chi connectivity index (χ2n) is 18.1. The fourth-order valence-corrected chi connectivity index (χ4v) is 11.0. The summed E-state index contributed by atoms with van der Waals surface area (Å²) < 4.78 is 19.8. The van der Waals surface area contributed by atoms with Crippen molar-refractivity contribution in [3.63, 3.8) is 0 Å². The van der Waals surface area contributed by atoms with Crippen molar-refractivity contribution in [2.24, 2.45) is 7.05 Å². The van der Waals surface area contributed by atoms with Crippen LogP contribution in [0.2, 0.25) is 0 Å². The van der Waals surface area contributed by atoms with Gasteiger partial charge >= 0.3 is 6.03 Å². The summed E-state index contributed by atoms with van der Waals surface area (Å²) >= 11 is 1.28. The number of carbonyl (C=O) groups is 4. The van der Waals surface area contributed by atoms with E-state index >= 15 is 4.39 Å². The number of likely N-dealkylation sites (tertiary alicyclic amines) is 1. The van der Waals surface area contributed by atoms with Gasteiger partial charge in [-0.1, -0.05) is 18.2 Å². The molecule has 67 heavy (non-hydrogen) atoms. The van der Waals surface area contributed by atoms with Gasteiger partial charge in [-0.25, -0.2) is 19.2 Å². The molecule has 3 aromatic carbocycles. The number of hydrogen-bond donors (Lipinski definition) is 3. The number of aliphatic hydroxyl groups excluding tert-OH is 1. The highest BCUT2D eigenvalue weighted by Gasteiger charge is 2.42. The van der Waals surface area contributed by atoms with Gasteiger partial charge in [0, 0.05) is 92.2 Å². The second-order valence-corrected chi connectivity index (χ2v) is 19.0. The Labute approximate surface area is 389 Å². The Morgan fingerprint density at radius 3 is 2.51 bits per heavy atom. The number of urea groups is 1. The first-order valence-corrected chi connectivity index (χ1v) is 23.9. The van der Waals surface area contributed by atoms with Gasteiger partial charge in [0.25, 0.3) is 11.8 Å². The molecule has 3 aromatic heterocycles.